The molecule has 0 aromatic carbocycles. The lowest BCUT2D eigenvalue weighted by atomic mass is 9.95. The molecule has 2 aliphatic heterocycles. The summed E-state index contributed by atoms with van der Waals surface area (Å²) in [5, 5.41) is 3.70. The maximum absolute atomic E-state index is 5.45. The predicted molar refractivity (Wildman–Crippen MR) is 72.9 cm³/mol. The van der Waals surface area contributed by atoms with Gasteiger partial charge in [0, 0.05) is 30.6 Å². The van der Waals surface area contributed by atoms with Gasteiger partial charge >= 0.3 is 0 Å². The monoisotopic (exact) mass is 234 g/mol. The van der Waals surface area contributed by atoms with Crippen LogP contribution in [0.4, 0.5) is 0 Å². The van der Waals surface area contributed by atoms with Crippen LogP contribution in [-0.2, 0) is 0 Å². The van der Waals surface area contributed by atoms with Gasteiger partial charge in [-0.25, -0.2) is 0 Å². The molecule has 2 aliphatic rings. The van der Waals surface area contributed by atoms with Gasteiger partial charge < -0.3 is 5.32 Å². The van der Waals surface area contributed by atoms with Crippen molar-refractivity contribution < 1.29 is 0 Å². The second kappa shape index (κ2) is 5.89. The summed E-state index contributed by atoms with van der Waals surface area (Å²) in [6.45, 7) is 5.71. The fraction of sp³-hybridized carbons (Fsp3) is 0.867. The highest BCUT2D eigenvalue weighted by atomic mass is 15.3. The summed E-state index contributed by atoms with van der Waals surface area (Å²) in [4.78, 5) is 2.71. The first kappa shape index (κ1) is 12.9. The van der Waals surface area contributed by atoms with Crippen molar-refractivity contribution >= 4 is 0 Å². The van der Waals surface area contributed by atoms with Crippen LogP contribution in [0.3, 0.4) is 0 Å². The normalized spacial score (nSPS) is 34.5. The fourth-order valence-corrected chi connectivity index (χ4v) is 3.72. The smallest absolute Gasteiger partial charge is 0.0240 e. The van der Waals surface area contributed by atoms with Crippen LogP contribution < -0.4 is 5.32 Å². The van der Waals surface area contributed by atoms with Gasteiger partial charge in [0.05, 0.1) is 0 Å². The molecule has 96 valence electrons. The number of hydrogen-bond acceptors (Lipinski definition) is 2. The summed E-state index contributed by atoms with van der Waals surface area (Å²) in [6, 6.07) is 2.89. The third-order valence-corrected chi connectivity index (χ3v) is 4.39. The fourth-order valence-electron chi connectivity index (χ4n) is 3.72. The molecule has 0 aromatic heterocycles. The van der Waals surface area contributed by atoms with E-state index in [1.807, 2.05) is 0 Å². The first-order chi connectivity index (χ1) is 8.26. The molecular formula is C15H26N2. The molecule has 0 saturated carbocycles. The van der Waals surface area contributed by atoms with Crippen molar-refractivity contribution in [2.45, 2.75) is 76.5 Å². The number of nitrogens with zero attached hydrogens (tertiary/aromatic N) is 1. The topological polar surface area (TPSA) is 15.3 Å². The van der Waals surface area contributed by atoms with E-state index in [1.54, 1.807) is 0 Å². The molecule has 2 rings (SSSR count). The van der Waals surface area contributed by atoms with Gasteiger partial charge in [0.25, 0.3) is 0 Å². The molecule has 2 saturated heterocycles. The van der Waals surface area contributed by atoms with E-state index in [-0.39, 0.29) is 0 Å². The summed E-state index contributed by atoms with van der Waals surface area (Å²) in [7, 11) is 0. The molecule has 1 N–H and O–H groups in total. The number of piperidine rings is 1. The summed E-state index contributed by atoms with van der Waals surface area (Å²) < 4.78 is 0. The van der Waals surface area contributed by atoms with Crippen LogP contribution >= 0.6 is 0 Å². The molecule has 2 fully saturated rings. The third-order valence-electron chi connectivity index (χ3n) is 4.39. The molecular weight excluding hydrogens is 208 g/mol. The number of fused-ring (bicyclic) bond motifs is 2. The Hall–Kier alpha value is -0.520. The molecule has 0 aromatic rings. The van der Waals surface area contributed by atoms with E-state index in [2.05, 4.69) is 30.0 Å². The van der Waals surface area contributed by atoms with Crippen LogP contribution in [0.15, 0.2) is 0 Å². The van der Waals surface area contributed by atoms with Crippen molar-refractivity contribution in [1.29, 1.82) is 0 Å². The zero-order valence-corrected chi connectivity index (χ0v) is 11.3. The van der Waals surface area contributed by atoms with E-state index in [0.717, 1.165) is 24.5 Å². The molecule has 3 atom stereocenters. The largest absolute Gasteiger partial charge is 0.314 e. The molecule has 17 heavy (non-hydrogen) atoms. The SMILES string of the molecule is C#CCC(C)N1C2CCC1CC(NCCC)C2. The highest BCUT2D eigenvalue weighted by Crippen LogP contribution is 2.37. The molecule has 2 heterocycles. The lowest BCUT2D eigenvalue weighted by Gasteiger charge is -2.42. The zero-order chi connectivity index (χ0) is 12.3. The van der Waals surface area contributed by atoms with E-state index < -0.39 is 0 Å². The Kier molecular flexibility index (Phi) is 4.48. The van der Waals surface area contributed by atoms with Crippen LogP contribution in [-0.4, -0.2) is 35.6 Å². The Balaban J connectivity index is 1.91. The second-order valence-electron chi connectivity index (χ2n) is 5.71. The summed E-state index contributed by atoms with van der Waals surface area (Å²) in [5.41, 5.74) is 0. The van der Waals surface area contributed by atoms with Gasteiger partial charge in [-0.3, -0.25) is 4.90 Å². The molecule has 3 unspecified atom stereocenters. The molecule has 0 radical (unpaired) electrons. The Morgan fingerprint density at radius 3 is 2.53 bits per heavy atom. The van der Waals surface area contributed by atoms with Gasteiger partial charge in [-0.15, -0.1) is 12.3 Å². The third kappa shape index (κ3) is 2.84. The van der Waals surface area contributed by atoms with Crippen molar-refractivity contribution in [3.63, 3.8) is 0 Å². The minimum absolute atomic E-state index is 0.574. The highest BCUT2D eigenvalue weighted by molar-refractivity contribution is 5.01. The summed E-state index contributed by atoms with van der Waals surface area (Å²) in [5.74, 6) is 2.82. The standard InChI is InChI=1S/C15H26N2/c1-4-6-12(3)17-14-7-8-15(17)11-13(10-14)16-9-5-2/h1,12-16H,5-11H2,2-3H3. The van der Waals surface area contributed by atoms with E-state index in [1.165, 1.54) is 38.6 Å². The van der Waals surface area contributed by atoms with E-state index in [9.17, 15) is 0 Å². The van der Waals surface area contributed by atoms with Gasteiger partial charge in [0.1, 0.15) is 0 Å². The number of hydrogen-bond donors (Lipinski definition) is 1. The quantitative estimate of drug-likeness (QED) is 0.735. The van der Waals surface area contributed by atoms with Gasteiger partial charge in [-0.05, 0) is 45.6 Å². The number of nitrogens with one attached hydrogen (secondary N) is 1. The molecule has 2 bridgehead atoms. The lowest BCUT2D eigenvalue weighted by Crippen LogP contribution is -2.52. The van der Waals surface area contributed by atoms with Crippen LogP contribution in [0.1, 0.15) is 52.4 Å². The van der Waals surface area contributed by atoms with Gasteiger partial charge in [0.2, 0.25) is 0 Å². The van der Waals surface area contributed by atoms with Gasteiger partial charge in [-0.1, -0.05) is 6.92 Å². The summed E-state index contributed by atoms with van der Waals surface area (Å²) >= 11 is 0. The molecule has 0 amide bonds. The van der Waals surface area contributed by atoms with E-state index in [0.29, 0.717) is 6.04 Å². The second-order valence-corrected chi connectivity index (χ2v) is 5.71. The van der Waals surface area contributed by atoms with Gasteiger partial charge in [-0.2, -0.15) is 0 Å². The average molecular weight is 234 g/mol. The maximum atomic E-state index is 5.45. The maximum Gasteiger partial charge on any atom is 0.0240 e. The van der Waals surface area contributed by atoms with Crippen molar-refractivity contribution in [3.05, 3.63) is 0 Å². The first-order valence-electron chi connectivity index (χ1n) is 7.20. The first-order valence-corrected chi connectivity index (χ1v) is 7.20. The zero-order valence-electron chi connectivity index (χ0n) is 11.3. The predicted octanol–water partition coefficient (Wildman–Crippen LogP) is 2.39. The minimum atomic E-state index is 0.574. The molecule has 2 nitrogen and oxygen atoms in total. The van der Waals surface area contributed by atoms with E-state index in [4.69, 9.17) is 6.42 Å². The molecule has 0 aliphatic carbocycles. The molecule has 2 heteroatoms. The van der Waals surface area contributed by atoms with Crippen molar-refractivity contribution in [2.24, 2.45) is 0 Å². The highest BCUT2D eigenvalue weighted by Gasteiger charge is 2.42. The number of terminal acetylenes is 1. The van der Waals surface area contributed by atoms with Crippen LogP contribution in [0.5, 0.6) is 0 Å². The summed E-state index contributed by atoms with van der Waals surface area (Å²) in [6.07, 6.45) is 13.0. The number of rotatable bonds is 5. The van der Waals surface area contributed by atoms with Crippen molar-refractivity contribution in [3.8, 4) is 12.3 Å². The molecule has 0 spiro atoms. The van der Waals surface area contributed by atoms with Crippen LogP contribution in [0.2, 0.25) is 0 Å². The van der Waals surface area contributed by atoms with Crippen molar-refractivity contribution in [1.82, 2.24) is 10.2 Å². The van der Waals surface area contributed by atoms with E-state index >= 15 is 0 Å². The van der Waals surface area contributed by atoms with Gasteiger partial charge in [0.15, 0.2) is 0 Å². The van der Waals surface area contributed by atoms with Crippen LogP contribution in [0.25, 0.3) is 0 Å². The average Bonchev–Trinajstić information content (AvgIpc) is 2.59. The Labute approximate surface area is 106 Å². The Morgan fingerprint density at radius 2 is 2.00 bits per heavy atom. The van der Waals surface area contributed by atoms with Crippen LogP contribution in [0, 0.1) is 12.3 Å². The minimum Gasteiger partial charge on any atom is -0.314 e. The lowest BCUT2D eigenvalue weighted by molar-refractivity contribution is 0.0794. The Morgan fingerprint density at radius 1 is 1.35 bits per heavy atom. The van der Waals surface area contributed by atoms with Crippen molar-refractivity contribution in [2.75, 3.05) is 6.54 Å². The Bertz CT molecular complexity index is 267.